The Morgan fingerprint density at radius 1 is 1.53 bits per heavy atom. The topological polar surface area (TPSA) is 82.2 Å². The molecule has 1 aromatic heterocycles. The van der Waals surface area contributed by atoms with Crippen molar-refractivity contribution in [3.05, 3.63) is 35.5 Å². The summed E-state index contributed by atoms with van der Waals surface area (Å²) in [5.74, 6) is -1.07. The molecule has 0 aliphatic carbocycles. The number of benzene rings is 1. The second-order valence-corrected chi connectivity index (χ2v) is 4.15. The fourth-order valence-corrected chi connectivity index (χ4v) is 2.02. The van der Waals surface area contributed by atoms with Crippen LogP contribution in [-0.4, -0.2) is 28.5 Å². The maximum Gasteiger partial charge on any atom is 0.323 e. The average molecular weight is 502 g/mol. The van der Waals surface area contributed by atoms with Crippen LogP contribution in [0.4, 0.5) is 0 Å². The Kier molecular flexibility index (Phi) is 3.88. The first-order valence-corrected chi connectivity index (χ1v) is 5.54. The van der Waals surface area contributed by atoms with Gasteiger partial charge in [-0.2, -0.15) is 6.41 Å². The van der Waals surface area contributed by atoms with E-state index in [4.69, 9.17) is 5.11 Å². The third-order valence-corrected chi connectivity index (χ3v) is 2.96. The SMILES string of the molecule is Cc1cccc2c(C[C@H](N[C-]=O)C(=O)O)c[nH]c12.[Fm]. The predicted molar refractivity (Wildman–Crippen MR) is 67.0 cm³/mol. The Hall–Kier alpha value is -3.30. The summed E-state index contributed by atoms with van der Waals surface area (Å²) in [6.45, 7) is 1.98. The number of nitrogens with one attached hydrogen (secondary N) is 2. The van der Waals surface area contributed by atoms with Crippen molar-refractivity contribution in [1.29, 1.82) is 0 Å². The summed E-state index contributed by atoms with van der Waals surface area (Å²) >= 11 is 0. The van der Waals surface area contributed by atoms with Gasteiger partial charge in [-0.25, -0.2) is 0 Å². The number of H-pyrrole nitrogens is 1. The third kappa shape index (κ3) is 2.52. The molecule has 1 atom stereocenters. The summed E-state index contributed by atoms with van der Waals surface area (Å²) in [6, 6.07) is 4.87. The van der Waals surface area contributed by atoms with Crippen LogP contribution in [0, 0.1) is 6.92 Å². The number of amides is 1. The maximum atomic E-state index is 11.0. The van der Waals surface area contributed by atoms with E-state index in [1.165, 1.54) is 6.41 Å². The van der Waals surface area contributed by atoms with Crippen molar-refractivity contribution >= 4 is 23.3 Å². The number of aromatic amines is 1. The smallest absolute Gasteiger partial charge is 0.323 e. The molecule has 6 heteroatoms. The standard InChI is InChI=1S/C13H13N2O3.Fm/c1-8-3-2-4-10-9(6-14-12(8)10)5-11(13(17)18)15-7-16;/h2-4,6,11,14H,5H2,1H3,(H,15,16)(H,17,18);/q-1;/t11-;/m0./s1. The molecule has 0 aliphatic heterocycles. The second-order valence-electron chi connectivity index (χ2n) is 4.15. The van der Waals surface area contributed by atoms with Crippen LogP contribution in [0.15, 0.2) is 24.4 Å². The molecular weight excluding hydrogens is 489 g/mol. The van der Waals surface area contributed by atoms with Crippen molar-refractivity contribution < 1.29 is 14.7 Å². The Labute approximate surface area is 104 Å². The molecule has 0 fully saturated rings. The largest absolute Gasteiger partial charge is 0.520 e. The fraction of sp³-hybridized carbons (Fsp3) is 0.231. The van der Waals surface area contributed by atoms with E-state index in [0.717, 1.165) is 22.0 Å². The minimum atomic E-state index is -1.07. The van der Waals surface area contributed by atoms with Crippen LogP contribution in [0.3, 0.4) is 0 Å². The summed E-state index contributed by atoms with van der Waals surface area (Å²) in [7, 11) is 0. The van der Waals surface area contributed by atoms with Gasteiger partial charge in [0.2, 0.25) is 0 Å². The summed E-state index contributed by atoms with van der Waals surface area (Å²) in [5, 5.41) is 12.1. The van der Waals surface area contributed by atoms with Gasteiger partial charge in [-0.15, -0.1) is 0 Å². The molecule has 0 saturated heterocycles. The van der Waals surface area contributed by atoms with E-state index in [9.17, 15) is 9.59 Å². The van der Waals surface area contributed by atoms with E-state index < -0.39 is 12.0 Å². The number of hydrogen-bond acceptors (Lipinski definition) is 2. The van der Waals surface area contributed by atoms with E-state index >= 15 is 0 Å². The molecular formula is C13H13FmN2O3-. The Bertz CT molecular complexity index is 595. The van der Waals surface area contributed by atoms with Gasteiger partial charge < -0.3 is 20.2 Å². The number of rotatable bonds is 5. The van der Waals surface area contributed by atoms with Crippen LogP contribution < -0.4 is 5.32 Å². The van der Waals surface area contributed by atoms with Gasteiger partial charge in [0.15, 0.2) is 0 Å². The number of carboxylic acid groups (broad SMARTS) is 1. The van der Waals surface area contributed by atoms with Gasteiger partial charge in [0.05, 0.1) is 0 Å². The van der Waals surface area contributed by atoms with Crippen LogP contribution in [0.5, 0.6) is 0 Å². The zero-order valence-electron chi connectivity index (χ0n) is 10.1. The van der Waals surface area contributed by atoms with Gasteiger partial charge in [0.1, 0.15) is 6.04 Å². The minimum absolute atomic E-state index is 0. The third-order valence-electron chi connectivity index (χ3n) is 2.96. The molecule has 0 radical (unpaired) electrons. The van der Waals surface area contributed by atoms with E-state index in [1.54, 1.807) is 6.20 Å². The Morgan fingerprint density at radius 3 is 2.89 bits per heavy atom. The first-order valence-electron chi connectivity index (χ1n) is 5.54. The minimum Gasteiger partial charge on any atom is -0.520 e. The average Bonchev–Trinajstić information content (AvgIpc) is 2.73. The van der Waals surface area contributed by atoms with Gasteiger partial charge in [0, 0.05) is 23.5 Å². The molecule has 5 nitrogen and oxygen atoms in total. The van der Waals surface area contributed by atoms with Crippen LogP contribution in [0.1, 0.15) is 11.1 Å². The fourth-order valence-electron chi connectivity index (χ4n) is 2.02. The van der Waals surface area contributed by atoms with Gasteiger partial charge in [0.25, 0.3) is 0 Å². The number of carbonyl (C=O) groups excluding carboxylic acids is 1. The molecule has 0 bridgehead atoms. The molecule has 1 heterocycles. The quantitative estimate of drug-likeness (QED) is 0.424. The molecule has 0 saturated carbocycles. The number of hydrogen-bond donors (Lipinski definition) is 3. The zero-order valence-corrected chi connectivity index (χ0v) is 12.6. The second kappa shape index (κ2) is 5.35. The summed E-state index contributed by atoms with van der Waals surface area (Å²) in [5.41, 5.74) is 2.95. The summed E-state index contributed by atoms with van der Waals surface area (Å²) < 4.78 is 0. The van der Waals surface area contributed by atoms with Crippen molar-refractivity contribution in [2.75, 3.05) is 0 Å². The molecule has 0 spiro atoms. The summed E-state index contributed by atoms with van der Waals surface area (Å²) in [4.78, 5) is 24.3. The van der Waals surface area contributed by atoms with Crippen LogP contribution >= 0.6 is 0 Å². The summed E-state index contributed by atoms with van der Waals surface area (Å²) in [6.07, 6.45) is 3.44. The van der Waals surface area contributed by atoms with Crippen molar-refractivity contribution in [2.24, 2.45) is 0 Å². The van der Waals surface area contributed by atoms with Crippen molar-refractivity contribution in [3.8, 4) is 0 Å². The molecule has 1 amide bonds. The normalized spacial score (nSPS) is 11.6. The number of carboxylic acids is 1. The number of fused-ring (bicyclic) bond motifs is 1. The molecule has 0 unspecified atom stereocenters. The molecule has 106 valence electrons. The van der Waals surface area contributed by atoms with Crippen LogP contribution in [0.2, 0.25) is 0 Å². The van der Waals surface area contributed by atoms with Crippen molar-refractivity contribution in [1.82, 2.24) is 10.3 Å². The van der Waals surface area contributed by atoms with E-state index in [-0.39, 0.29) is 6.42 Å². The Morgan fingerprint density at radius 2 is 2.26 bits per heavy atom. The number of aliphatic carboxylic acids is 1. The molecule has 3 N–H and O–H groups in total. The zero-order chi connectivity index (χ0) is 13.1. The van der Waals surface area contributed by atoms with Crippen LogP contribution in [-0.2, 0) is 16.0 Å². The first kappa shape index (κ1) is 13.8. The molecule has 2 aromatic rings. The number of aromatic nitrogens is 1. The molecule has 1 aromatic carbocycles. The number of para-hydroxylation sites is 1. The van der Waals surface area contributed by atoms with Gasteiger partial charge in [-0.1, -0.05) is 18.2 Å². The van der Waals surface area contributed by atoms with Crippen molar-refractivity contribution in [3.63, 3.8) is 0 Å². The van der Waals surface area contributed by atoms with E-state index in [2.05, 4.69) is 10.3 Å². The number of aryl methyl sites for hydroxylation is 1. The molecule has 0 aliphatic rings. The molecule has 2 rings (SSSR count). The van der Waals surface area contributed by atoms with E-state index in [0.29, 0.717) is 0 Å². The van der Waals surface area contributed by atoms with Gasteiger partial charge in [-0.3, -0.25) is 4.79 Å². The van der Waals surface area contributed by atoms with E-state index in [1.807, 2.05) is 25.1 Å². The van der Waals surface area contributed by atoms with Crippen LogP contribution in [0.25, 0.3) is 10.9 Å². The monoisotopic (exact) mass is 502 g/mol. The first-order chi connectivity index (χ1) is 8.63. The molecule has 19 heavy (non-hydrogen) atoms. The maximum absolute atomic E-state index is 11.0. The predicted octanol–water partition coefficient (Wildman–Crippen LogP) is 1.13. The number of carbonyl (C=O) groups is 1. The van der Waals surface area contributed by atoms with Gasteiger partial charge >= 0.3 is 5.97 Å². The van der Waals surface area contributed by atoms with Crippen molar-refractivity contribution in [2.45, 2.75) is 19.4 Å². The van der Waals surface area contributed by atoms with Gasteiger partial charge in [-0.05, 0) is 18.1 Å². The Balaban J connectivity index is 0.00000180.